The molecule has 0 saturated heterocycles. The van der Waals surface area contributed by atoms with E-state index in [9.17, 15) is 0 Å². The van der Waals surface area contributed by atoms with Gasteiger partial charge in [0.1, 0.15) is 0 Å². The lowest BCUT2D eigenvalue weighted by atomic mass is 10.1. The van der Waals surface area contributed by atoms with Gasteiger partial charge in [0.05, 0.1) is 0 Å². The van der Waals surface area contributed by atoms with Crippen molar-refractivity contribution in [3.63, 3.8) is 0 Å². The molecule has 0 aliphatic heterocycles. The lowest BCUT2D eigenvalue weighted by molar-refractivity contribution is 1.45. The van der Waals surface area contributed by atoms with Crippen molar-refractivity contribution < 1.29 is 0 Å². The van der Waals surface area contributed by atoms with Gasteiger partial charge in [-0.15, -0.1) is 6.42 Å². The first-order valence-electron chi connectivity index (χ1n) is 3.68. The Bertz CT molecular complexity index is 285. The fraction of sp³-hybridized carbons (Fsp3) is 0.182. The molecular weight excluding hydrogens is 146 g/mol. The molecule has 0 rings (SSSR count). The Balaban J connectivity index is 4.84. The van der Waals surface area contributed by atoms with E-state index in [4.69, 9.17) is 11.8 Å². The van der Waals surface area contributed by atoms with Crippen molar-refractivity contribution >= 4 is 5.71 Å². The third kappa shape index (κ3) is 3.03. The van der Waals surface area contributed by atoms with Crippen molar-refractivity contribution in [2.24, 2.45) is 0 Å². The van der Waals surface area contributed by atoms with E-state index in [1.54, 1.807) is 19.1 Å². The zero-order valence-electron chi connectivity index (χ0n) is 7.52. The Labute approximate surface area is 74.0 Å². The molecule has 0 heterocycles. The van der Waals surface area contributed by atoms with Gasteiger partial charge < -0.3 is 5.41 Å². The molecule has 1 heteroatoms. The zero-order chi connectivity index (χ0) is 9.56. The van der Waals surface area contributed by atoms with E-state index in [-0.39, 0.29) is 0 Å². The van der Waals surface area contributed by atoms with Crippen LogP contribution < -0.4 is 0 Å². The second-order valence-corrected chi connectivity index (χ2v) is 2.32. The molecule has 0 aliphatic rings. The number of hydrogen-bond acceptors (Lipinski definition) is 1. The van der Waals surface area contributed by atoms with E-state index < -0.39 is 0 Å². The molecule has 0 aliphatic carbocycles. The normalized spacial score (nSPS) is 12.1. The smallest absolute Gasteiger partial charge is 0.0352 e. The van der Waals surface area contributed by atoms with Gasteiger partial charge in [-0.3, -0.25) is 0 Å². The third-order valence-corrected chi connectivity index (χ3v) is 1.44. The Morgan fingerprint density at radius 2 is 2.17 bits per heavy atom. The van der Waals surface area contributed by atoms with Crippen molar-refractivity contribution in [2.75, 3.05) is 0 Å². The van der Waals surface area contributed by atoms with Crippen LogP contribution >= 0.6 is 0 Å². The highest BCUT2D eigenvalue weighted by Gasteiger charge is 1.94. The Hall–Kier alpha value is -1.55. The van der Waals surface area contributed by atoms with Crippen LogP contribution in [0.4, 0.5) is 0 Å². The first kappa shape index (κ1) is 10.4. The fourth-order valence-corrected chi connectivity index (χ4v) is 0.735. The van der Waals surface area contributed by atoms with Crippen molar-refractivity contribution in [3.8, 4) is 12.3 Å². The van der Waals surface area contributed by atoms with Crippen LogP contribution in [0.1, 0.15) is 13.8 Å². The van der Waals surface area contributed by atoms with E-state index >= 15 is 0 Å². The predicted octanol–water partition coefficient (Wildman–Crippen LogP) is 2.72. The molecule has 62 valence electrons. The summed E-state index contributed by atoms with van der Waals surface area (Å²) >= 11 is 0. The van der Waals surface area contributed by atoms with Crippen LogP contribution in [0.5, 0.6) is 0 Å². The van der Waals surface area contributed by atoms with Gasteiger partial charge in [-0.25, -0.2) is 0 Å². The maximum absolute atomic E-state index is 7.38. The van der Waals surface area contributed by atoms with E-state index in [0.717, 1.165) is 5.57 Å². The standard InChI is InChI=1S/C11H13N/c1-5-10(6-2)8-11(7-3)9(4)12/h1,6-8,12H,2H2,3-4H3/b10-8-,11-7+,12-9?. The number of terminal acetylenes is 1. The van der Waals surface area contributed by atoms with Crippen LogP contribution in [0, 0.1) is 17.8 Å². The summed E-state index contributed by atoms with van der Waals surface area (Å²) in [6.07, 6.45) is 10.4. The maximum Gasteiger partial charge on any atom is 0.0352 e. The van der Waals surface area contributed by atoms with Crippen LogP contribution in [0.15, 0.2) is 36.0 Å². The van der Waals surface area contributed by atoms with E-state index in [0.29, 0.717) is 11.3 Å². The number of nitrogens with one attached hydrogen (secondary N) is 1. The Morgan fingerprint density at radius 3 is 2.42 bits per heavy atom. The quantitative estimate of drug-likeness (QED) is 0.372. The van der Waals surface area contributed by atoms with E-state index in [1.807, 2.05) is 13.0 Å². The Kier molecular flexibility index (Phi) is 4.48. The molecule has 0 aromatic carbocycles. The van der Waals surface area contributed by atoms with E-state index in [2.05, 4.69) is 12.5 Å². The molecule has 0 fully saturated rings. The molecule has 0 atom stereocenters. The van der Waals surface area contributed by atoms with Gasteiger partial charge in [-0.1, -0.05) is 24.7 Å². The monoisotopic (exact) mass is 159 g/mol. The fourth-order valence-electron chi connectivity index (χ4n) is 0.735. The molecule has 12 heavy (non-hydrogen) atoms. The van der Waals surface area contributed by atoms with Crippen LogP contribution in [0.25, 0.3) is 0 Å². The van der Waals surface area contributed by atoms with E-state index in [1.165, 1.54) is 0 Å². The molecule has 0 spiro atoms. The summed E-state index contributed by atoms with van der Waals surface area (Å²) in [5, 5.41) is 7.38. The van der Waals surface area contributed by atoms with Gasteiger partial charge in [0, 0.05) is 11.3 Å². The van der Waals surface area contributed by atoms with Crippen LogP contribution in [-0.2, 0) is 0 Å². The molecule has 0 radical (unpaired) electrons. The van der Waals surface area contributed by atoms with Gasteiger partial charge in [0.25, 0.3) is 0 Å². The topological polar surface area (TPSA) is 23.9 Å². The van der Waals surface area contributed by atoms with Gasteiger partial charge >= 0.3 is 0 Å². The zero-order valence-corrected chi connectivity index (χ0v) is 7.52. The summed E-state index contributed by atoms with van der Waals surface area (Å²) in [5.41, 5.74) is 2.05. The van der Waals surface area contributed by atoms with Gasteiger partial charge in [0.2, 0.25) is 0 Å². The summed E-state index contributed by atoms with van der Waals surface area (Å²) < 4.78 is 0. The molecule has 0 aromatic heterocycles. The summed E-state index contributed by atoms with van der Waals surface area (Å²) in [6.45, 7) is 7.17. The minimum absolute atomic E-state index is 0.507. The van der Waals surface area contributed by atoms with Crippen molar-refractivity contribution in [3.05, 3.63) is 36.0 Å². The SMILES string of the molecule is C#C/C(C=C)=C/C(=C\C)C(C)=N. The average molecular weight is 159 g/mol. The highest BCUT2D eigenvalue weighted by Crippen LogP contribution is 2.04. The van der Waals surface area contributed by atoms with Crippen LogP contribution in [-0.4, -0.2) is 5.71 Å². The summed E-state index contributed by atoms with van der Waals surface area (Å²) in [5.74, 6) is 2.48. The molecular formula is C11H13N. The number of hydrogen-bond donors (Lipinski definition) is 1. The number of allylic oxidation sites excluding steroid dienone is 5. The van der Waals surface area contributed by atoms with Gasteiger partial charge in [-0.2, -0.15) is 0 Å². The third-order valence-electron chi connectivity index (χ3n) is 1.44. The summed E-state index contributed by atoms with van der Waals surface area (Å²) in [7, 11) is 0. The second-order valence-electron chi connectivity index (χ2n) is 2.32. The highest BCUT2D eigenvalue weighted by molar-refractivity contribution is 5.98. The van der Waals surface area contributed by atoms with Crippen LogP contribution in [0.2, 0.25) is 0 Å². The van der Waals surface area contributed by atoms with Crippen molar-refractivity contribution in [1.29, 1.82) is 5.41 Å². The summed E-state index contributed by atoms with van der Waals surface area (Å²) in [4.78, 5) is 0. The lowest BCUT2D eigenvalue weighted by Gasteiger charge is -1.97. The summed E-state index contributed by atoms with van der Waals surface area (Å²) in [6, 6.07) is 0. The van der Waals surface area contributed by atoms with Crippen molar-refractivity contribution in [2.45, 2.75) is 13.8 Å². The molecule has 0 amide bonds. The molecule has 0 aromatic rings. The molecule has 0 unspecified atom stereocenters. The molecule has 0 bridgehead atoms. The minimum Gasteiger partial charge on any atom is -0.305 e. The lowest BCUT2D eigenvalue weighted by Crippen LogP contribution is -1.91. The predicted molar refractivity (Wildman–Crippen MR) is 54.3 cm³/mol. The van der Waals surface area contributed by atoms with Crippen LogP contribution in [0.3, 0.4) is 0 Å². The van der Waals surface area contributed by atoms with Gasteiger partial charge in [-0.05, 0) is 25.5 Å². The maximum atomic E-state index is 7.38. The average Bonchev–Trinajstić information content (AvgIpc) is 2.06. The first-order valence-corrected chi connectivity index (χ1v) is 3.68. The first-order chi connectivity index (χ1) is 5.65. The molecule has 1 nitrogen and oxygen atoms in total. The number of rotatable bonds is 3. The Morgan fingerprint density at radius 1 is 1.58 bits per heavy atom. The highest BCUT2D eigenvalue weighted by atomic mass is 14.4. The molecule has 1 N–H and O–H groups in total. The van der Waals surface area contributed by atoms with Crippen molar-refractivity contribution in [1.82, 2.24) is 0 Å². The van der Waals surface area contributed by atoms with Gasteiger partial charge in [0.15, 0.2) is 0 Å². The largest absolute Gasteiger partial charge is 0.305 e. The minimum atomic E-state index is 0.507. The second kappa shape index (κ2) is 5.15. The molecule has 0 saturated carbocycles.